The molecule has 0 aliphatic rings. The van der Waals surface area contributed by atoms with Gasteiger partial charge in [-0.1, -0.05) is 33.3 Å². The van der Waals surface area contributed by atoms with Gasteiger partial charge in [0, 0.05) is 6.08 Å². The van der Waals surface area contributed by atoms with Gasteiger partial charge in [-0.15, -0.1) is 0 Å². The topological polar surface area (TPSA) is 37.3 Å². The largest absolute Gasteiger partial charge is 0.478 e. The molecule has 0 saturated carbocycles. The molecule has 12 heavy (non-hydrogen) atoms. The molecule has 70 valence electrons. The second-order valence-electron chi connectivity index (χ2n) is 3.65. The van der Waals surface area contributed by atoms with Crippen LogP contribution in [0.1, 0.15) is 33.6 Å². The highest BCUT2D eigenvalue weighted by Gasteiger charge is 2.00. The second kappa shape index (κ2) is 5.81. The Kier molecular flexibility index (Phi) is 5.43. The summed E-state index contributed by atoms with van der Waals surface area (Å²) < 4.78 is 0. The maximum Gasteiger partial charge on any atom is 0.327 e. The van der Waals surface area contributed by atoms with Crippen molar-refractivity contribution in [3.05, 3.63) is 12.2 Å². The van der Waals surface area contributed by atoms with E-state index in [1.165, 1.54) is 6.08 Å². The highest BCUT2D eigenvalue weighted by atomic mass is 16.4. The van der Waals surface area contributed by atoms with Crippen molar-refractivity contribution in [3.8, 4) is 0 Å². The van der Waals surface area contributed by atoms with Crippen molar-refractivity contribution in [3.63, 3.8) is 0 Å². The molecule has 0 aromatic carbocycles. The molecule has 0 saturated heterocycles. The highest BCUT2D eigenvalue weighted by Crippen LogP contribution is 2.12. The lowest BCUT2D eigenvalue weighted by molar-refractivity contribution is -0.131. The number of rotatable bonds is 5. The first-order valence-electron chi connectivity index (χ1n) is 4.43. The van der Waals surface area contributed by atoms with Gasteiger partial charge >= 0.3 is 5.97 Å². The van der Waals surface area contributed by atoms with E-state index >= 15 is 0 Å². The molecule has 0 aromatic rings. The van der Waals surface area contributed by atoms with E-state index in [0.29, 0.717) is 11.8 Å². The van der Waals surface area contributed by atoms with Crippen LogP contribution in [0.15, 0.2) is 12.2 Å². The van der Waals surface area contributed by atoms with Gasteiger partial charge in [0.15, 0.2) is 0 Å². The third-order valence-corrected chi connectivity index (χ3v) is 1.77. The SMILES string of the molecule is CC(C)CCC(C)/C=C/C(=O)O. The molecule has 2 heteroatoms. The Morgan fingerprint density at radius 1 is 1.33 bits per heavy atom. The molecular formula is C10H18O2. The molecule has 0 aromatic heterocycles. The lowest BCUT2D eigenvalue weighted by Crippen LogP contribution is -1.96. The molecule has 0 radical (unpaired) electrons. The monoisotopic (exact) mass is 170 g/mol. The number of hydrogen-bond donors (Lipinski definition) is 1. The van der Waals surface area contributed by atoms with E-state index in [9.17, 15) is 4.79 Å². The average Bonchev–Trinajstić information content (AvgIpc) is 1.96. The van der Waals surface area contributed by atoms with Crippen LogP contribution in [0.2, 0.25) is 0 Å². The van der Waals surface area contributed by atoms with Gasteiger partial charge in [-0.3, -0.25) is 0 Å². The summed E-state index contributed by atoms with van der Waals surface area (Å²) in [5, 5.41) is 8.35. The molecule has 1 N–H and O–H groups in total. The Labute approximate surface area is 74.3 Å². The molecule has 0 fully saturated rings. The van der Waals surface area contributed by atoms with E-state index in [-0.39, 0.29) is 0 Å². The number of hydrogen-bond acceptors (Lipinski definition) is 1. The molecule has 0 heterocycles. The number of carboxylic acid groups (broad SMARTS) is 1. The van der Waals surface area contributed by atoms with Crippen molar-refractivity contribution in [1.82, 2.24) is 0 Å². The van der Waals surface area contributed by atoms with E-state index in [1.807, 2.05) is 6.92 Å². The molecule has 0 spiro atoms. The van der Waals surface area contributed by atoms with Gasteiger partial charge in [-0.2, -0.15) is 0 Å². The number of carboxylic acids is 1. The Morgan fingerprint density at radius 3 is 2.33 bits per heavy atom. The van der Waals surface area contributed by atoms with Crippen molar-refractivity contribution < 1.29 is 9.90 Å². The summed E-state index contributed by atoms with van der Waals surface area (Å²) >= 11 is 0. The van der Waals surface area contributed by atoms with Crippen LogP contribution in [0.25, 0.3) is 0 Å². The Morgan fingerprint density at radius 2 is 1.92 bits per heavy atom. The lowest BCUT2D eigenvalue weighted by atomic mass is 9.99. The normalized spacial score (nSPS) is 14.0. The zero-order valence-corrected chi connectivity index (χ0v) is 8.08. The lowest BCUT2D eigenvalue weighted by Gasteiger charge is -2.07. The van der Waals surface area contributed by atoms with Crippen LogP contribution in [-0.4, -0.2) is 11.1 Å². The Balaban J connectivity index is 3.59. The summed E-state index contributed by atoms with van der Waals surface area (Å²) in [6, 6.07) is 0. The van der Waals surface area contributed by atoms with E-state index in [4.69, 9.17) is 5.11 Å². The van der Waals surface area contributed by atoms with Crippen LogP contribution in [-0.2, 0) is 4.79 Å². The third-order valence-electron chi connectivity index (χ3n) is 1.77. The molecular weight excluding hydrogens is 152 g/mol. The fraction of sp³-hybridized carbons (Fsp3) is 0.700. The standard InChI is InChI=1S/C10H18O2/c1-8(2)4-5-9(3)6-7-10(11)12/h6-9H,4-5H2,1-3H3,(H,11,12)/b7-6+. The molecule has 0 rings (SSSR count). The second-order valence-corrected chi connectivity index (χ2v) is 3.65. The highest BCUT2D eigenvalue weighted by molar-refractivity contribution is 5.79. The molecule has 1 unspecified atom stereocenters. The van der Waals surface area contributed by atoms with Crippen molar-refractivity contribution in [2.75, 3.05) is 0 Å². The molecule has 2 nitrogen and oxygen atoms in total. The maximum absolute atomic E-state index is 10.2. The summed E-state index contributed by atoms with van der Waals surface area (Å²) in [4.78, 5) is 10.2. The van der Waals surface area contributed by atoms with Gasteiger partial charge in [-0.25, -0.2) is 4.79 Å². The first-order chi connectivity index (χ1) is 5.52. The predicted octanol–water partition coefficient (Wildman–Crippen LogP) is 2.70. The van der Waals surface area contributed by atoms with Crippen molar-refractivity contribution in [2.24, 2.45) is 11.8 Å². The summed E-state index contributed by atoms with van der Waals surface area (Å²) in [5.41, 5.74) is 0. The fourth-order valence-corrected chi connectivity index (χ4v) is 0.939. The maximum atomic E-state index is 10.2. The van der Waals surface area contributed by atoms with E-state index in [2.05, 4.69) is 13.8 Å². The van der Waals surface area contributed by atoms with Gasteiger partial charge in [-0.05, 0) is 18.3 Å². The Bertz CT molecular complexity index is 159. The zero-order valence-electron chi connectivity index (χ0n) is 8.08. The quantitative estimate of drug-likeness (QED) is 0.644. The van der Waals surface area contributed by atoms with Crippen LogP contribution in [0.3, 0.4) is 0 Å². The fourth-order valence-electron chi connectivity index (χ4n) is 0.939. The zero-order chi connectivity index (χ0) is 9.56. The average molecular weight is 170 g/mol. The van der Waals surface area contributed by atoms with Gasteiger partial charge in [0.05, 0.1) is 0 Å². The van der Waals surface area contributed by atoms with E-state index < -0.39 is 5.97 Å². The number of allylic oxidation sites excluding steroid dienone is 1. The molecule has 0 amide bonds. The van der Waals surface area contributed by atoms with Gasteiger partial charge in [0.25, 0.3) is 0 Å². The third kappa shape index (κ3) is 7.32. The molecule has 0 aliphatic heterocycles. The van der Waals surface area contributed by atoms with Crippen molar-refractivity contribution >= 4 is 5.97 Å². The van der Waals surface area contributed by atoms with Gasteiger partial charge in [0.2, 0.25) is 0 Å². The van der Waals surface area contributed by atoms with Crippen LogP contribution < -0.4 is 0 Å². The van der Waals surface area contributed by atoms with Crippen LogP contribution in [0, 0.1) is 11.8 Å². The van der Waals surface area contributed by atoms with Crippen molar-refractivity contribution in [1.29, 1.82) is 0 Å². The smallest absolute Gasteiger partial charge is 0.327 e. The van der Waals surface area contributed by atoms with E-state index in [0.717, 1.165) is 12.8 Å². The molecule has 0 bridgehead atoms. The minimum absolute atomic E-state index is 0.378. The summed E-state index contributed by atoms with van der Waals surface area (Å²) in [7, 11) is 0. The molecule has 1 atom stereocenters. The summed E-state index contributed by atoms with van der Waals surface area (Å²) in [6.45, 7) is 6.39. The Hall–Kier alpha value is -0.790. The number of aliphatic carboxylic acids is 1. The van der Waals surface area contributed by atoms with Crippen LogP contribution >= 0.6 is 0 Å². The van der Waals surface area contributed by atoms with Crippen LogP contribution in [0.4, 0.5) is 0 Å². The minimum Gasteiger partial charge on any atom is -0.478 e. The van der Waals surface area contributed by atoms with Gasteiger partial charge in [0.1, 0.15) is 0 Å². The van der Waals surface area contributed by atoms with Gasteiger partial charge < -0.3 is 5.11 Å². The van der Waals surface area contributed by atoms with Crippen molar-refractivity contribution in [2.45, 2.75) is 33.6 Å². The molecule has 0 aliphatic carbocycles. The van der Waals surface area contributed by atoms with E-state index in [1.54, 1.807) is 6.08 Å². The summed E-state index contributed by atoms with van der Waals surface area (Å²) in [5.74, 6) is 0.223. The summed E-state index contributed by atoms with van der Waals surface area (Å²) in [6.07, 6.45) is 5.21. The number of carbonyl (C=O) groups is 1. The predicted molar refractivity (Wildman–Crippen MR) is 50.0 cm³/mol. The first-order valence-corrected chi connectivity index (χ1v) is 4.43. The first kappa shape index (κ1) is 11.2. The minimum atomic E-state index is -0.855. The van der Waals surface area contributed by atoms with Crippen LogP contribution in [0.5, 0.6) is 0 Å².